The van der Waals surface area contributed by atoms with Crippen LogP contribution in [0, 0.1) is 0 Å². The van der Waals surface area contributed by atoms with Gasteiger partial charge in [-0.3, -0.25) is 15.5 Å². The van der Waals surface area contributed by atoms with E-state index in [9.17, 15) is 10.2 Å². The fourth-order valence-electron chi connectivity index (χ4n) is 4.01. The highest BCUT2D eigenvalue weighted by Crippen LogP contribution is 2.30. The smallest absolute Gasteiger partial charge is 0.142 e. The Kier molecular flexibility index (Phi) is 7.54. The average Bonchev–Trinajstić information content (AvgIpc) is 3.18. The molecule has 3 unspecified atom stereocenters. The molecule has 3 saturated heterocycles. The molecular weight excluding hydrogens is 356 g/mol. The molecule has 26 heavy (non-hydrogen) atoms. The van der Waals surface area contributed by atoms with E-state index in [0.717, 1.165) is 25.1 Å². The zero-order valence-electron chi connectivity index (χ0n) is 15.5. The van der Waals surface area contributed by atoms with Gasteiger partial charge in [0.25, 0.3) is 0 Å². The molecule has 3 aliphatic rings. The van der Waals surface area contributed by atoms with Crippen molar-refractivity contribution in [3.05, 3.63) is 0 Å². The summed E-state index contributed by atoms with van der Waals surface area (Å²) in [4.78, 5) is 4.27. The minimum atomic E-state index is -0.928. The quantitative estimate of drug-likeness (QED) is 0.250. The maximum absolute atomic E-state index is 10.5. The summed E-state index contributed by atoms with van der Waals surface area (Å²) in [7, 11) is 0. The van der Waals surface area contributed by atoms with Crippen molar-refractivity contribution in [3.63, 3.8) is 0 Å². The van der Waals surface area contributed by atoms with Crippen LogP contribution in [0.2, 0.25) is 0 Å². The molecule has 3 fully saturated rings. The van der Waals surface area contributed by atoms with Gasteiger partial charge < -0.3 is 26.4 Å². The Hall–Kier alpha value is -0.0100. The summed E-state index contributed by atoms with van der Waals surface area (Å²) >= 11 is 1.70. The van der Waals surface area contributed by atoms with Gasteiger partial charge in [-0.1, -0.05) is 6.92 Å². The number of fused-ring (bicyclic) bond motifs is 1. The molecule has 3 heterocycles. The number of thioether (sulfide) groups is 1. The molecule has 152 valence electrons. The lowest BCUT2D eigenvalue weighted by Crippen LogP contribution is -2.69. The van der Waals surface area contributed by atoms with Gasteiger partial charge in [0.15, 0.2) is 0 Å². The number of hydrogen-bond acceptors (Lipinski definition) is 10. The van der Waals surface area contributed by atoms with Crippen LogP contribution >= 0.6 is 11.8 Å². The highest BCUT2D eigenvalue weighted by Gasteiger charge is 2.52. The van der Waals surface area contributed by atoms with E-state index in [1.165, 1.54) is 0 Å². The van der Waals surface area contributed by atoms with Gasteiger partial charge in [-0.25, -0.2) is 4.90 Å². The number of hydrogen-bond donors (Lipinski definition) is 6. The van der Waals surface area contributed by atoms with Crippen molar-refractivity contribution in [2.75, 3.05) is 37.9 Å². The highest BCUT2D eigenvalue weighted by atomic mass is 32.2. The Bertz CT molecular complexity index is 450. The normalized spacial score (nSPS) is 41.7. The van der Waals surface area contributed by atoms with Crippen LogP contribution in [-0.4, -0.2) is 101 Å². The first-order chi connectivity index (χ1) is 12.6. The summed E-state index contributed by atoms with van der Waals surface area (Å²) in [6.07, 6.45) is -0.825. The topological polar surface area (TPSA) is 132 Å². The molecule has 0 spiro atoms. The summed E-state index contributed by atoms with van der Waals surface area (Å²) < 4.78 is 6.05. The van der Waals surface area contributed by atoms with Gasteiger partial charge in [-0.15, -0.1) is 0 Å². The van der Waals surface area contributed by atoms with Crippen LogP contribution in [0.15, 0.2) is 0 Å². The third kappa shape index (κ3) is 4.19. The number of nitrogens with one attached hydrogen (secondary N) is 2. The predicted octanol–water partition coefficient (Wildman–Crippen LogP) is -2.37. The maximum Gasteiger partial charge on any atom is 0.142 e. The van der Waals surface area contributed by atoms with E-state index >= 15 is 0 Å². The summed E-state index contributed by atoms with van der Waals surface area (Å²) in [6, 6.07) is 0.0567. The Balaban J connectivity index is 1.58. The molecule has 10 heteroatoms. The number of aliphatic hydroxyl groups excluding tert-OH is 2. The van der Waals surface area contributed by atoms with Gasteiger partial charge in [-0.2, -0.15) is 11.8 Å². The number of nitrogens with two attached hydrogens (primary N) is 2. The Morgan fingerprint density at radius 3 is 2.77 bits per heavy atom. The summed E-state index contributed by atoms with van der Waals surface area (Å²) in [5.74, 6) is 1.59. The van der Waals surface area contributed by atoms with Gasteiger partial charge in [-0.05, 0) is 25.1 Å². The van der Waals surface area contributed by atoms with Crippen LogP contribution in [-0.2, 0) is 4.74 Å². The van der Waals surface area contributed by atoms with Crippen molar-refractivity contribution >= 4 is 11.8 Å². The molecule has 0 saturated carbocycles. The molecule has 8 N–H and O–H groups in total. The second kappa shape index (κ2) is 9.46. The van der Waals surface area contributed by atoms with Gasteiger partial charge in [0.1, 0.15) is 18.4 Å². The molecule has 0 bridgehead atoms. The zero-order valence-corrected chi connectivity index (χ0v) is 16.3. The Labute approximate surface area is 159 Å². The van der Waals surface area contributed by atoms with Crippen molar-refractivity contribution in [2.45, 2.75) is 62.7 Å². The molecule has 3 rings (SSSR count). The van der Waals surface area contributed by atoms with E-state index < -0.39 is 18.4 Å². The lowest BCUT2D eigenvalue weighted by molar-refractivity contribution is -0.105. The van der Waals surface area contributed by atoms with E-state index in [1.807, 2.05) is 4.90 Å². The molecule has 9 nitrogen and oxygen atoms in total. The number of nitrogens with zero attached hydrogens (tertiary/aromatic N) is 2. The highest BCUT2D eigenvalue weighted by molar-refractivity contribution is 7.99. The molecule has 0 aromatic heterocycles. The fraction of sp³-hybridized carbons (Fsp3) is 1.00. The van der Waals surface area contributed by atoms with Crippen molar-refractivity contribution < 1.29 is 14.9 Å². The van der Waals surface area contributed by atoms with Crippen LogP contribution < -0.4 is 22.1 Å². The summed E-state index contributed by atoms with van der Waals surface area (Å²) in [6.45, 7) is 5.02. The van der Waals surface area contributed by atoms with E-state index in [0.29, 0.717) is 25.6 Å². The summed E-state index contributed by atoms with van der Waals surface area (Å²) in [5.41, 5.74) is 11.9. The van der Waals surface area contributed by atoms with Crippen LogP contribution in [0.3, 0.4) is 0 Å². The molecule has 0 aliphatic carbocycles. The van der Waals surface area contributed by atoms with Crippen molar-refractivity contribution in [3.8, 4) is 0 Å². The van der Waals surface area contributed by atoms with Gasteiger partial charge in [0.05, 0.1) is 37.8 Å². The summed E-state index contributed by atoms with van der Waals surface area (Å²) in [5, 5.41) is 27.9. The SMILES string of the molecule is CCCN1CNC2C(NCN2[C@@H]2O[C@H](CSCCCN)[C@@H](O)[C@H]2O)C1N. The van der Waals surface area contributed by atoms with Crippen molar-refractivity contribution in [1.29, 1.82) is 0 Å². The Morgan fingerprint density at radius 2 is 2.04 bits per heavy atom. The average molecular weight is 391 g/mol. The minimum Gasteiger partial charge on any atom is -0.388 e. The van der Waals surface area contributed by atoms with Crippen LogP contribution in [0.1, 0.15) is 19.8 Å². The van der Waals surface area contributed by atoms with Crippen LogP contribution in [0.5, 0.6) is 0 Å². The standard InChI is InChI=1S/C16H34N6O3S/c1-2-5-21-8-20-15-11(14(21)18)19-9-22(15)16-13(24)12(23)10(25-16)7-26-6-3-4-17/h10-16,19-20,23-24H,2-9,17-18H2,1H3/t10-,11?,12-,13-,14?,15?,16-/m1/s1. The molecule has 7 atom stereocenters. The first kappa shape index (κ1) is 20.7. The van der Waals surface area contributed by atoms with Gasteiger partial charge in [0.2, 0.25) is 0 Å². The molecular formula is C16H34N6O3S. The van der Waals surface area contributed by atoms with E-state index in [1.54, 1.807) is 11.8 Å². The number of ether oxygens (including phenoxy) is 1. The minimum absolute atomic E-state index is 0.0198. The number of rotatable bonds is 8. The third-order valence-corrected chi connectivity index (χ3v) is 6.59. The second-order valence-corrected chi connectivity index (χ2v) is 8.43. The van der Waals surface area contributed by atoms with Crippen molar-refractivity contribution in [2.24, 2.45) is 11.5 Å². The fourth-order valence-corrected chi connectivity index (χ4v) is 5.06. The van der Waals surface area contributed by atoms with Gasteiger partial charge >= 0.3 is 0 Å². The largest absolute Gasteiger partial charge is 0.388 e. The molecule has 0 amide bonds. The maximum atomic E-state index is 10.5. The molecule has 0 aromatic carbocycles. The monoisotopic (exact) mass is 390 g/mol. The van der Waals surface area contributed by atoms with Crippen LogP contribution in [0.25, 0.3) is 0 Å². The van der Waals surface area contributed by atoms with E-state index in [2.05, 4.69) is 22.5 Å². The van der Waals surface area contributed by atoms with Crippen molar-refractivity contribution in [1.82, 2.24) is 20.4 Å². The third-order valence-electron chi connectivity index (χ3n) is 5.45. The molecule has 0 radical (unpaired) electrons. The lowest BCUT2D eigenvalue weighted by atomic mass is 10.1. The first-order valence-electron chi connectivity index (χ1n) is 9.60. The molecule has 3 aliphatic heterocycles. The van der Waals surface area contributed by atoms with E-state index in [4.69, 9.17) is 16.2 Å². The predicted molar refractivity (Wildman–Crippen MR) is 102 cm³/mol. The zero-order chi connectivity index (χ0) is 18.7. The van der Waals surface area contributed by atoms with Gasteiger partial charge in [0, 0.05) is 12.3 Å². The second-order valence-electron chi connectivity index (χ2n) is 7.28. The Morgan fingerprint density at radius 1 is 1.23 bits per heavy atom. The lowest BCUT2D eigenvalue weighted by Gasteiger charge is -2.43. The van der Waals surface area contributed by atoms with Crippen LogP contribution in [0.4, 0.5) is 0 Å². The number of aliphatic hydroxyl groups is 2. The first-order valence-corrected chi connectivity index (χ1v) is 10.8. The molecule has 0 aromatic rings. The van der Waals surface area contributed by atoms with E-state index in [-0.39, 0.29) is 24.5 Å².